The molecule has 1 aromatic heterocycles. The Bertz CT molecular complexity index is 1300. The minimum absolute atomic E-state index is 0.0598. The van der Waals surface area contributed by atoms with Crippen LogP contribution in [0.2, 0.25) is 0 Å². The van der Waals surface area contributed by atoms with Crippen molar-refractivity contribution >= 4 is 38.3 Å². The first kappa shape index (κ1) is 22.7. The van der Waals surface area contributed by atoms with Gasteiger partial charge in [-0.15, -0.1) is 0 Å². The van der Waals surface area contributed by atoms with E-state index in [0.717, 1.165) is 22.5 Å². The van der Waals surface area contributed by atoms with E-state index >= 15 is 0 Å². The Balaban J connectivity index is 1.63. The molecule has 1 aliphatic heterocycles. The van der Waals surface area contributed by atoms with Crippen molar-refractivity contribution in [2.24, 2.45) is 0 Å². The number of aromatic nitrogens is 1. The number of nitrogens with zero attached hydrogens (tertiary/aromatic N) is 2. The second-order valence-corrected chi connectivity index (χ2v) is 9.49. The third kappa shape index (κ3) is 4.67. The smallest absolute Gasteiger partial charge is 0.326 e. The van der Waals surface area contributed by atoms with Crippen LogP contribution < -0.4 is 5.32 Å². The number of ether oxygens (including phenoxy) is 1. The van der Waals surface area contributed by atoms with Gasteiger partial charge in [0.1, 0.15) is 11.7 Å². The van der Waals surface area contributed by atoms with Crippen LogP contribution in [0, 0.1) is 10.1 Å². The van der Waals surface area contributed by atoms with Gasteiger partial charge in [0.2, 0.25) is 10.0 Å². The van der Waals surface area contributed by atoms with Crippen LogP contribution in [-0.4, -0.2) is 66.1 Å². The minimum Gasteiger partial charge on any atom is -0.480 e. The molecule has 0 unspecified atom stereocenters. The number of hydrogen-bond acceptors (Lipinski definition) is 7. The Morgan fingerprint density at radius 2 is 1.97 bits per heavy atom. The number of carboxylic acids is 1. The fourth-order valence-corrected chi connectivity index (χ4v) is 5.22. The van der Waals surface area contributed by atoms with Crippen molar-refractivity contribution in [2.45, 2.75) is 17.4 Å². The van der Waals surface area contributed by atoms with E-state index in [9.17, 15) is 28.4 Å². The zero-order valence-corrected chi connectivity index (χ0v) is 18.2. The Labute approximate surface area is 189 Å². The number of carbonyl (C=O) groups is 1. The highest BCUT2D eigenvalue weighted by molar-refractivity contribution is 7.89. The normalized spacial score (nSPS) is 15.9. The first-order valence-corrected chi connectivity index (χ1v) is 11.6. The molecule has 1 atom stereocenters. The van der Waals surface area contributed by atoms with E-state index in [0.29, 0.717) is 0 Å². The van der Waals surface area contributed by atoms with Crippen LogP contribution in [0.25, 0.3) is 10.9 Å². The molecular formula is C21H22N4O7S. The molecule has 3 aromatic rings. The summed E-state index contributed by atoms with van der Waals surface area (Å²) in [5.41, 5.74) is 0.989. The Morgan fingerprint density at radius 3 is 2.67 bits per heavy atom. The average molecular weight is 474 g/mol. The lowest BCUT2D eigenvalue weighted by Gasteiger charge is -2.26. The van der Waals surface area contributed by atoms with Gasteiger partial charge in [-0.2, -0.15) is 4.31 Å². The van der Waals surface area contributed by atoms with E-state index < -0.39 is 32.6 Å². The number of hydrogen-bond donors (Lipinski definition) is 3. The Kier molecular flexibility index (Phi) is 6.31. The molecular weight excluding hydrogens is 452 g/mol. The van der Waals surface area contributed by atoms with Crippen molar-refractivity contribution in [3.05, 3.63) is 64.3 Å². The van der Waals surface area contributed by atoms with Crippen LogP contribution in [0.3, 0.4) is 0 Å². The SMILES string of the molecule is O=C(O)[C@@H](Cc1c[nH]c2ccccc12)Nc1ccc(S(=O)(=O)N2CCOCC2)cc1[N+](=O)[O-]. The second kappa shape index (κ2) is 9.17. The Morgan fingerprint density at radius 1 is 1.24 bits per heavy atom. The lowest BCUT2D eigenvalue weighted by Crippen LogP contribution is -2.40. The van der Waals surface area contributed by atoms with Crippen LogP contribution in [0.5, 0.6) is 0 Å². The van der Waals surface area contributed by atoms with Crippen molar-refractivity contribution < 1.29 is 28.0 Å². The standard InChI is InChI=1S/C21H22N4O7S/c26-21(27)19(11-14-13-22-17-4-2-1-3-16(14)17)23-18-6-5-15(12-20(18)25(28)29)33(30,31)24-7-9-32-10-8-24/h1-6,12-13,19,22-23H,7-11H2,(H,26,27)/t19-/m1/s1. The van der Waals surface area contributed by atoms with E-state index in [1.54, 1.807) is 6.20 Å². The highest BCUT2D eigenvalue weighted by atomic mass is 32.2. The number of H-pyrrole nitrogens is 1. The number of benzene rings is 2. The lowest BCUT2D eigenvalue weighted by atomic mass is 10.0. The van der Waals surface area contributed by atoms with Crippen molar-refractivity contribution in [3.8, 4) is 0 Å². The predicted octanol–water partition coefficient (Wildman–Crippen LogP) is 2.20. The minimum atomic E-state index is -3.94. The van der Waals surface area contributed by atoms with Gasteiger partial charge in [0.05, 0.1) is 23.0 Å². The molecule has 174 valence electrons. The molecule has 0 amide bonds. The lowest BCUT2D eigenvalue weighted by molar-refractivity contribution is -0.384. The van der Waals surface area contributed by atoms with Gasteiger partial charge in [0.15, 0.2) is 0 Å². The second-order valence-electron chi connectivity index (χ2n) is 7.55. The van der Waals surface area contributed by atoms with E-state index in [2.05, 4.69) is 10.3 Å². The molecule has 11 nitrogen and oxygen atoms in total. The van der Waals surface area contributed by atoms with Crippen molar-refractivity contribution in [3.63, 3.8) is 0 Å². The van der Waals surface area contributed by atoms with Crippen molar-refractivity contribution in [1.29, 1.82) is 0 Å². The zero-order valence-electron chi connectivity index (χ0n) is 17.4. The highest BCUT2D eigenvalue weighted by Crippen LogP contribution is 2.30. The van der Waals surface area contributed by atoms with E-state index in [1.807, 2.05) is 24.3 Å². The number of aliphatic carboxylic acids is 1. The summed E-state index contributed by atoms with van der Waals surface area (Å²) in [7, 11) is -3.94. The van der Waals surface area contributed by atoms with Gasteiger partial charge in [0.25, 0.3) is 5.69 Å². The zero-order chi connectivity index (χ0) is 23.6. The molecule has 0 spiro atoms. The van der Waals surface area contributed by atoms with Gasteiger partial charge >= 0.3 is 5.97 Å². The fraction of sp³-hybridized carbons (Fsp3) is 0.286. The van der Waals surface area contributed by atoms with Crippen molar-refractivity contribution in [2.75, 3.05) is 31.6 Å². The van der Waals surface area contributed by atoms with Gasteiger partial charge in [-0.1, -0.05) is 18.2 Å². The molecule has 33 heavy (non-hydrogen) atoms. The molecule has 12 heteroatoms. The quantitative estimate of drug-likeness (QED) is 0.331. The third-order valence-electron chi connectivity index (χ3n) is 5.50. The summed E-state index contributed by atoms with van der Waals surface area (Å²) >= 11 is 0. The number of para-hydroxylation sites is 1. The summed E-state index contributed by atoms with van der Waals surface area (Å²) in [4.78, 5) is 25.7. The molecule has 2 aromatic carbocycles. The molecule has 0 bridgehead atoms. The molecule has 0 radical (unpaired) electrons. The van der Waals surface area contributed by atoms with Gasteiger partial charge < -0.3 is 20.1 Å². The predicted molar refractivity (Wildman–Crippen MR) is 120 cm³/mol. The number of nitro groups is 1. The van der Waals surface area contributed by atoms with Crippen LogP contribution in [0.4, 0.5) is 11.4 Å². The number of nitrogens with one attached hydrogen (secondary N) is 2. The largest absolute Gasteiger partial charge is 0.480 e. The van der Waals surface area contributed by atoms with Crippen LogP contribution in [0.1, 0.15) is 5.56 Å². The molecule has 0 saturated carbocycles. The summed E-state index contributed by atoms with van der Waals surface area (Å²) in [5, 5.41) is 25.0. The molecule has 4 rings (SSSR count). The maximum Gasteiger partial charge on any atom is 0.326 e. The number of nitro benzene ring substituents is 1. The summed E-state index contributed by atoms with van der Waals surface area (Å²) in [6.45, 7) is 0.799. The summed E-state index contributed by atoms with van der Waals surface area (Å²) in [6, 6.07) is 9.66. The number of anilines is 1. The number of fused-ring (bicyclic) bond motifs is 1. The number of sulfonamides is 1. The van der Waals surface area contributed by atoms with Crippen LogP contribution in [0.15, 0.2) is 53.6 Å². The number of morpholine rings is 1. The maximum absolute atomic E-state index is 12.9. The maximum atomic E-state index is 12.9. The topological polar surface area (TPSA) is 155 Å². The number of rotatable bonds is 8. The monoisotopic (exact) mass is 474 g/mol. The van der Waals surface area contributed by atoms with E-state index in [1.165, 1.54) is 16.4 Å². The van der Waals surface area contributed by atoms with Gasteiger partial charge in [0, 0.05) is 42.7 Å². The fourth-order valence-electron chi connectivity index (χ4n) is 3.79. The highest BCUT2D eigenvalue weighted by Gasteiger charge is 2.30. The summed E-state index contributed by atoms with van der Waals surface area (Å²) in [6.07, 6.45) is 1.76. The van der Waals surface area contributed by atoms with Gasteiger partial charge in [-0.25, -0.2) is 13.2 Å². The summed E-state index contributed by atoms with van der Waals surface area (Å²) < 4.78 is 32.1. The number of carboxylic acid groups (broad SMARTS) is 1. The van der Waals surface area contributed by atoms with Crippen LogP contribution in [-0.2, 0) is 26.0 Å². The molecule has 2 heterocycles. The molecule has 1 aliphatic rings. The molecule has 1 saturated heterocycles. The third-order valence-corrected chi connectivity index (χ3v) is 7.40. The van der Waals surface area contributed by atoms with Gasteiger partial charge in [-0.05, 0) is 23.8 Å². The molecule has 1 fully saturated rings. The van der Waals surface area contributed by atoms with Crippen LogP contribution >= 0.6 is 0 Å². The van der Waals surface area contributed by atoms with E-state index in [-0.39, 0.29) is 43.3 Å². The molecule has 0 aliphatic carbocycles. The van der Waals surface area contributed by atoms with Crippen molar-refractivity contribution in [1.82, 2.24) is 9.29 Å². The Hall–Kier alpha value is -3.48. The molecule has 3 N–H and O–H groups in total. The summed E-state index contributed by atoms with van der Waals surface area (Å²) in [5.74, 6) is -1.19. The first-order chi connectivity index (χ1) is 15.8. The average Bonchev–Trinajstić information content (AvgIpc) is 3.22. The van der Waals surface area contributed by atoms with Gasteiger partial charge in [-0.3, -0.25) is 10.1 Å². The first-order valence-electron chi connectivity index (χ1n) is 10.2. The number of aromatic amines is 1. The van der Waals surface area contributed by atoms with E-state index in [4.69, 9.17) is 4.74 Å².